The number of anilines is 1. The number of nitrogens with zero attached hydrogens (tertiary/aromatic N) is 1. The maximum absolute atomic E-state index is 11.9. The number of aromatic nitrogens is 1. The number of thiazole rings is 1. The molecular weight excluding hydrogens is 236 g/mol. The fraction of sp³-hybridized carbons (Fsp3) is 0.583. The van der Waals surface area contributed by atoms with Crippen LogP contribution in [0.2, 0.25) is 0 Å². The van der Waals surface area contributed by atoms with Gasteiger partial charge in [0.25, 0.3) is 0 Å². The SMILES string of the molecule is CC(=O)c1sc(NC(=O)C2CCCC2)nc1C. The summed E-state index contributed by atoms with van der Waals surface area (Å²) in [7, 11) is 0. The van der Waals surface area contributed by atoms with Crippen LogP contribution in [0, 0.1) is 12.8 Å². The van der Waals surface area contributed by atoms with Gasteiger partial charge in [0.05, 0.1) is 10.6 Å². The van der Waals surface area contributed by atoms with Crippen molar-refractivity contribution in [1.29, 1.82) is 0 Å². The molecular formula is C12H16N2O2S. The second kappa shape index (κ2) is 4.96. The highest BCUT2D eigenvalue weighted by Gasteiger charge is 2.23. The molecule has 0 atom stereocenters. The topological polar surface area (TPSA) is 59.1 Å². The summed E-state index contributed by atoms with van der Waals surface area (Å²) in [6, 6.07) is 0. The Hall–Kier alpha value is -1.23. The maximum Gasteiger partial charge on any atom is 0.229 e. The number of carbonyl (C=O) groups is 2. The molecule has 1 aromatic rings. The Balaban J connectivity index is 2.05. The third kappa shape index (κ3) is 2.72. The van der Waals surface area contributed by atoms with Gasteiger partial charge in [0.15, 0.2) is 10.9 Å². The smallest absolute Gasteiger partial charge is 0.229 e. The number of ketones is 1. The monoisotopic (exact) mass is 252 g/mol. The molecule has 1 amide bonds. The first-order valence-electron chi connectivity index (χ1n) is 5.87. The fourth-order valence-electron chi connectivity index (χ4n) is 2.17. The number of carbonyl (C=O) groups excluding carboxylic acids is 2. The molecule has 0 unspecified atom stereocenters. The molecule has 1 heterocycles. The molecule has 17 heavy (non-hydrogen) atoms. The van der Waals surface area contributed by atoms with Gasteiger partial charge in [0.1, 0.15) is 0 Å². The van der Waals surface area contributed by atoms with E-state index in [2.05, 4.69) is 10.3 Å². The first-order chi connectivity index (χ1) is 8.08. The van der Waals surface area contributed by atoms with Gasteiger partial charge in [-0.1, -0.05) is 24.2 Å². The van der Waals surface area contributed by atoms with Crippen LogP contribution in [-0.2, 0) is 4.79 Å². The molecule has 0 radical (unpaired) electrons. The number of Topliss-reactive ketones (excluding diaryl/α,β-unsaturated/α-hetero) is 1. The first-order valence-corrected chi connectivity index (χ1v) is 6.69. The molecule has 1 saturated carbocycles. The molecule has 1 fully saturated rings. The zero-order valence-corrected chi connectivity index (χ0v) is 10.9. The minimum Gasteiger partial charge on any atom is -0.302 e. The zero-order chi connectivity index (χ0) is 12.4. The summed E-state index contributed by atoms with van der Waals surface area (Å²) in [4.78, 5) is 28.0. The van der Waals surface area contributed by atoms with E-state index in [9.17, 15) is 9.59 Å². The highest BCUT2D eigenvalue weighted by atomic mass is 32.1. The summed E-state index contributed by atoms with van der Waals surface area (Å²) in [5, 5.41) is 3.36. The quantitative estimate of drug-likeness (QED) is 0.841. The van der Waals surface area contributed by atoms with Gasteiger partial charge in [-0.25, -0.2) is 4.98 Å². The van der Waals surface area contributed by atoms with Crippen molar-refractivity contribution < 1.29 is 9.59 Å². The normalized spacial score (nSPS) is 16.1. The third-order valence-corrected chi connectivity index (χ3v) is 4.25. The minimum absolute atomic E-state index is 0.00126. The van der Waals surface area contributed by atoms with Crippen LogP contribution in [0.3, 0.4) is 0 Å². The van der Waals surface area contributed by atoms with Crippen molar-refractivity contribution in [1.82, 2.24) is 4.98 Å². The highest BCUT2D eigenvalue weighted by Crippen LogP contribution is 2.28. The van der Waals surface area contributed by atoms with Crippen molar-refractivity contribution in [3.05, 3.63) is 10.6 Å². The molecule has 1 N–H and O–H groups in total. The van der Waals surface area contributed by atoms with Gasteiger partial charge >= 0.3 is 0 Å². The molecule has 0 spiro atoms. The van der Waals surface area contributed by atoms with E-state index >= 15 is 0 Å². The average molecular weight is 252 g/mol. The lowest BCUT2D eigenvalue weighted by Crippen LogP contribution is -2.20. The standard InChI is InChI=1S/C12H16N2O2S/c1-7-10(8(2)15)17-12(13-7)14-11(16)9-5-3-4-6-9/h9H,3-6H2,1-2H3,(H,13,14,16). The van der Waals surface area contributed by atoms with Gasteiger partial charge in [0.2, 0.25) is 5.91 Å². The van der Waals surface area contributed by atoms with Crippen molar-refractivity contribution in [3.63, 3.8) is 0 Å². The molecule has 5 heteroatoms. The van der Waals surface area contributed by atoms with E-state index in [0.29, 0.717) is 15.7 Å². The van der Waals surface area contributed by atoms with Gasteiger partial charge in [-0.3, -0.25) is 9.59 Å². The molecule has 0 aromatic carbocycles. The number of rotatable bonds is 3. The van der Waals surface area contributed by atoms with Crippen molar-refractivity contribution in [2.75, 3.05) is 5.32 Å². The van der Waals surface area contributed by atoms with E-state index in [1.807, 2.05) is 0 Å². The molecule has 0 bridgehead atoms. The van der Waals surface area contributed by atoms with E-state index in [-0.39, 0.29) is 17.6 Å². The van der Waals surface area contributed by atoms with Crippen molar-refractivity contribution in [2.45, 2.75) is 39.5 Å². The predicted octanol–water partition coefficient (Wildman–Crippen LogP) is 2.78. The predicted molar refractivity (Wildman–Crippen MR) is 67.4 cm³/mol. The molecule has 1 aliphatic rings. The first kappa shape index (κ1) is 12.2. The molecule has 2 rings (SSSR count). The average Bonchev–Trinajstić information content (AvgIpc) is 2.86. The molecule has 1 aliphatic carbocycles. The number of hydrogen-bond donors (Lipinski definition) is 1. The Morgan fingerprint density at radius 2 is 2.00 bits per heavy atom. The maximum atomic E-state index is 11.9. The molecule has 0 saturated heterocycles. The largest absolute Gasteiger partial charge is 0.302 e. The fourth-order valence-corrected chi connectivity index (χ4v) is 3.04. The Labute approximate surface area is 104 Å². The van der Waals surface area contributed by atoms with Crippen LogP contribution >= 0.6 is 11.3 Å². The Kier molecular flexibility index (Phi) is 3.57. The summed E-state index contributed by atoms with van der Waals surface area (Å²) >= 11 is 1.26. The lowest BCUT2D eigenvalue weighted by atomic mass is 10.1. The lowest BCUT2D eigenvalue weighted by Gasteiger charge is -2.07. The summed E-state index contributed by atoms with van der Waals surface area (Å²) in [5.74, 6) is 0.174. The van der Waals surface area contributed by atoms with Crippen LogP contribution < -0.4 is 5.32 Å². The van der Waals surface area contributed by atoms with Crippen LogP contribution in [0.4, 0.5) is 5.13 Å². The Morgan fingerprint density at radius 3 is 2.53 bits per heavy atom. The number of aryl methyl sites for hydroxylation is 1. The third-order valence-electron chi connectivity index (χ3n) is 3.07. The van der Waals surface area contributed by atoms with Gasteiger partial charge in [0, 0.05) is 12.8 Å². The lowest BCUT2D eigenvalue weighted by molar-refractivity contribution is -0.119. The summed E-state index contributed by atoms with van der Waals surface area (Å²) < 4.78 is 0. The highest BCUT2D eigenvalue weighted by molar-refractivity contribution is 7.17. The summed E-state index contributed by atoms with van der Waals surface area (Å²) in [6.45, 7) is 3.31. The van der Waals surface area contributed by atoms with E-state index in [1.165, 1.54) is 18.3 Å². The second-order valence-electron chi connectivity index (χ2n) is 4.46. The van der Waals surface area contributed by atoms with Crippen LogP contribution in [-0.4, -0.2) is 16.7 Å². The van der Waals surface area contributed by atoms with Gasteiger partial charge in [-0.05, 0) is 19.8 Å². The van der Waals surface area contributed by atoms with Crippen molar-refractivity contribution in [3.8, 4) is 0 Å². The summed E-state index contributed by atoms with van der Waals surface area (Å²) in [6.07, 6.45) is 4.20. The molecule has 0 aliphatic heterocycles. The second-order valence-corrected chi connectivity index (χ2v) is 5.46. The van der Waals surface area contributed by atoms with Crippen molar-refractivity contribution >= 4 is 28.2 Å². The van der Waals surface area contributed by atoms with Crippen molar-refractivity contribution in [2.24, 2.45) is 5.92 Å². The van der Waals surface area contributed by atoms with Crippen LogP contribution in [0.15, 0.2) is 0 Å². The van der Waals surface area contributed by atoms with Crippen LogP contribution in [0.25, 0.3) is 0 Å². The van der Waals surface area contributed by atoms with E-state index < -0.39 is 0 Å². The number of hydrogen-bond acceptors (Lipinski definition) is 4. The molecule has 4 nitrogen and oxygen atoms in total. The Bertz CT molecular complexity index is 447. The van der Waals surface area contributed by atoms with Gasteiger partial charge in [-0.2, -0.15) is 0 Å². The van der Waals surface area contributed by atoms with Crippen LogP contribution in [0.5, 0.6) is 0 Å². The number of amides is 1. The van der Waals surface area contributed by atoms with Gasteiger partial charge in [-0.15, -0.1) is 0 Å². The minimum atomic E-state index is 0.00126. The molecule has 1 aromatic heterocycles. The Morgan fingerprint density at radius 1 is 1.35 bits per heavy atom. The van der Waals surface area contributed by atoms with E-state index in [4.69, 9.17) is 0 Å². The van der Waals surface area contributed by atoms with Crippen LogP contribution in [0.1, 0.15) is 48.0 Å². The van der Waals surface area contributed by atoms with E-state index in [0.717, 1.165) is 25.7 Å². The van der Waals surface area contributed by atoms with Gasteiger partial charge < -0.3 is 5.32 Å². The summed E-state index contributed by atoms with van der Waals surface area (Å²) in [5.41, 5.74) is 0.698. The van der Waals surface area contributed by atoms with E-state index in [1.54, 1.807) is 6.92 Å². The number of nitrogens with one attached hydrogen (secondary N) is 1. The molecule has 92 valence electrons. The zero-order valence-electron chi connectivity index (χ0n) is 10.1.